The molecule has 0 radical (unpaired) electrons. The lowest BCUT2D eigenvalue weighted by Gasteiger charge is -2.23. The molecule has 2 aliphatic heterocycles. The maximum atomic E-state index is 13.1. The molecule has 166 valence electrons. The summed E-state index contributed by atoms with van der Waals surface area (Å²) in [6.45, 7) is -0.0673. The minimum atomic E-state index is -3.90. The van der Waals surface area contributed by atoms with Gasteiger partial charge in [-0.3, -0.25) is 14.5 Å². The average molecular weight is 452 g/mol. The summed E-state index contributed by atoms with van der Waals surface area (Å²) < 4.78 is 46.4. The normalized spacial score (nSPS) is 19.4. The number of pyridine rings is 1. The summed E-state index contributed by atoms with van der Waals surface area (Å²) in [4.78, 5) is 30.1. The van der Waals surface area contributed by atoms with Crippen LogP contribution in [-0.4, -0.2) is 77.4 Å². The smallest absolute Gasteiger partial charge is 0.301 e. The first kappa shape index (κ1) is 21.5. The number of amides is 1. The Morgan fingerprint density at radius 2 is 2.13 bits per heavy atom. The van der Waals surface area contributed by atoms with E-state index in [1.807, 2.05) is 0 Å². The van der Waals surface area contributed by atoms with Crippen LogP contribution in [0.1, 0.15) is 28.9 Å². The van der Waals surface area contributed by atoms with E-state index in [1.54, 1.807) is 0 Å². The zero-order valence-corrected chi connectivity index (χ0v) is 17.6. The lowest BCUT2D eigenvalue weighted by atomic mass is 10.2. The fourth-order valence-corrected chi connectivity index (χ4v) is 5.48. The molecule has 0 aromatic carbocycles. The second kappa shape index (κ2) is 8.40. The number of carbonyl (C=O) groups is 2. The number of aromatic nitrogens is 4. The number of fused-ring (bicyclic) bond motifs is 1. The zero-order chi connectivity index (χ0) is 22.2. The Balaban J connectivity index is 1.62. The molecule has 4 rings (SSSR count). The summed E-state index contributed by atoms with van der Waals surface area (Å²) in [5.41, 5.74) is 0.269. The summed E-state index contributed by atoms with van der Waals surface area (Å²) in [6, 6.07) is 0.907. The first-order chi connectivity index (χ1) is 14.9. The van der Waals surface area contributed by atoms with E-state index in [-0.39, 0.29) is 42.0 Å². The number of halogens is 1. The second-order valence-electron chi connectivity index (χ2n) is 7.29. The van der Waals surface area contributed by atoms with Crippen molar-refractivity contribution < 1.29 is 27.1 Å². The molecule has 1 amide bonds. The number of carbonyl (C=O) groups excluding carboxylic acids is 2. The van der Waals surface area contributed by atoms with Crippen molar-refractivity contribution in [2.24, 2.45) is 0 Å². The average Bonchev–Trinajstić information content (AvgIpc) is 3.45. The SMILES string of the molecule is COC[C@@H]1CCCN1S(=O)(=O)c1cnc2c(c1)C(=O)C(=O)N2Cc1cn(CCF)nn1. The standard InChI is InChI=1S/C18H21FN6O5S/c1-30-11-13-3-2-5-25(13)31(28,29)14-7-15-16(26)18(27)24(17(15)20-8-14)10-12-9-23(6-4-19)22-21-12/h7-9,13H,2-6,10-11H2,1H3/t13-/m0/s1. The van der Waals surface area contributed by atoms with Crippen molar-refractivity contribution in [3.05, 3.63) is 29.7 Å². The van der Waals surface area contributed by atoms with Gasteiger partial charge in [-0.1, -0.05) is 5.21 Å². The van der Waals surface area contributed by atoms with Gasteiger partial charge >= 0.3 is 5.91 Å². The maximum absolute atomic E-state index is 13.1. The number of anilines is 1. The molecule has 0 saturated carbocycles. The van der Waals surface area contributed by atoms with Gasteiger partial charge in [0.1, 0.15) is 23.1 Å². The van der Waals surface area contributed by atoms with E-state index in [4.69, 9.17) is 4.74 Å². The van der Waals surface area contributed by atoms with Crippen LogP contribution in [0.25, 0.3) is 0 Å². The van der Waals surface area contributed by atoms with Gasteiger partial charge in [0.05, 0.1) is 31.5 Å². The monoisotopic (exact) mass is 452 g/mol. The number of ketones is 1. The molecule has 4 heterocycles. The highest BCUT2D eigenvalue weighted by Crippen LogP contribution is 2.32. The van der Waals surface area contributed by atoms with Gasteiger partial charge in [-0.2, -0.15) is 4.31 Å². The molecule has 0 aliphatic carbocycles. The third-order valence-corrected chi connectivity index (χ3v) is 7.21. The molecule has 13 heteroatoms. The molecule has 0 unspecified atom stereocenters. The van der Waals surface area contributed by atoms with E-state index in [9.17, 15) is 22.4 Å². The topological polar surface area (TPSA) is 128 Å². The van der Waals surface area contributed by atoms with Crippen LogP contribution < -0.4 is 4.90 Å². The highest BCUT2D eigenvalue weighted by Gasteiger charge is 2.41. The summed E-state index contributed by atoms with van der Waals surface area (Å²) in [5.74, 6) is -1.62. The van der Waals surface area contributed by atoms with Crippen molar-refractivity contribution in [2.75, 3.05) is 31.8 Å². The summed E-state index contributed by atoms with van der Waals surface area (Å²) in [5, 5.41) is 7.61. The second-order valence-corrected chi connectivity index (χ2v) is 9.18. The fourth-order valence-electron chi connectivity index (χ4n) is 3.83. The number of sulfonamides is 1. The van der Waals surface area contributed by atoms with E-state index in [0.717, 1.165) is 11.1 Å². The summed E-state index contributed by atoms with van der Waals surface area (Å²) in [6.07, 6.45) is 4.01. The Morgan fingerprint density at radius 3 is 2.87 bits per heavy atom. The molecule has 2 aromatic heterocycles. The quantitative estimate of drug-likeness (QED) is 0.519. The minimum Gasteiger partial charge on any atom is -0.383 e. The number of methoxy groups -OCH3 is 1. The predicted molar refractivity (Wildman–Crippen MR) is 105 cm³/mol. The van der Waals surface area contributed by atoms with E-state index in [0.29, 0.717) is 25.1 Å². The zero-order valence-electron chi connectivity index (χ0n) is 16.8. The van der Waals surface area contributed by atoms with Crippen molar-refractivity contribution in [1.29, 1.82) is 0 Å². The van der Waals surface area contributed by atoms with Crippen LogP contribution in [0.2, 0.25) is 0 Å². The highest BCUT2D eigenvalue weighted by atomic mass is 32.2. The number of hydrogen-bond donors (Lipinski definition) is 0. The Bertz CT molecular complexity index is 1120. The molecule has 2 aliphatic rings. The van der Waals surface area contributed by atoms with Crippen LogP contribution in [0.15, 0.2) is 23.4 Å². The van der Waals surface area contributed by atoms with E-state index < -0.39 is 28.4 Å². The van der Waals surface area contributed by atoms with Gasteiger partial charge in [-0.15, -0.1) is 5.10 Å². The van der Waals surface area contributed by atoms with Gasteiger partial charge in [-0.25, -0.2) is 22.5 Å². The Kier molecular flexibility index (Phi) is 5.81. The minimum absolute atomic E-state index is 0.0243. The first-order valence-electron chi connectivity index (χ1n) is 9.68. The third kappa shape index (κ3) is 3.83. The lowest BCUT2D eigenvalue weighted by Crippen LogP contribution is -2.38. The van der Waals surface area contributed by atoms with Crippen molar-refractivity contribution in [1.82, 2.24) is 24.3 Å². The molecule has 1 atom stereocenters. The number of aryl methyl sites for hydroxylation is 1. The predicted octanol–water partition coefficient (Wildman–Crippen LogP) is 0.172. The maximum Gasteiger partial charge on any atom is 0.301 e. The van der Waals surface area contributed by atoms with Crippen LogP contribution in [-0.2, 0) is 32.6 Å². The molecule has 1 saturated heterocycles. The lowest BCUT2D eigenvalue weighted by molar-refractivity contribution is -0.114. The van der Waals surface area contributed by atoms with Crippen LogP contribution in [0.3, 0.4) is 0 Å². The van der Waals surface area contributed by atoms with Crippen LogP contribution in [0.4, 0.5) is 10.2 Å². The van der Waals surface area contributed by atoms with Crippen molar-refractivity contribution in [3.8, 4) is 0 Å². The van der Waals surface area contributed by atoms with Crippen LogP contribution in [0, 0.1) is 0 Å². The van der Waals surface area contributed by atoms with E-state index >= 15 is 0 Å². The molecule has 1 fully saturated rings. The molecular weight excluding hydrogens is 431 g/mol. The van der Waals surface area contributed by atoms with Crippen molar-refractivity contribution in [3.63, 3.8) is 0 Å². The number of hydrogen-bond acceptors (Lipinski definition) is 8. The van der Waals surface area contributed by atoms with Gasteiger partial charge < -0.3 is 4.74 Å². The van der Waals surface area contributed by atoms with Gasteiger partial charge in [0, 0.05) is 25.9 Å². The number of nitrogens with zero attached hydrogens (tertiary/aromatic N) is 6. The molecular formula is C18H21FN6O5S. The largest absolute Gasteiger partial charge is 0.383 e. The number of alkyl halides is 1. The van der Waals surface area contributed by atoms with Crippen LogP contribution >= 0.6 is 0 Å². The molecule has 0 spiro atoms. The number of ether oxygens (including phenoxy) is 1. The van der Waals surface area contributed by atoms with Crippen molar-refractivity contribution >= 4 is 27.5 Å². The van der Waals surface area contributed by atoms with Gasteiger partial charge in [0.25, 0.3) is 5.78 Å². The Hall–Kier alpha value is -2.77. The van der Waals surface area contributed by atoms with Gasteiger partial charge in [0.2, 0.25) is 10.0 Å². The molecule has 31 heavy (non-hydrogen) atoms. The Morgan fingerprint density at radius 1 is 1.32 bits per heavy atom. The van der Waals surface area contributed by atoms with Crippen molar-refractivity contribution in [2.45, 2.75) is 36.9 Å². The summed E-state index contributed by atoms with van der Waals surface area (Å²) in [7, 11) is -2.40. The van der Waals surface area contributed by atoms with E-state index in [2.05, 4.69) is 15.3 Å². The van der Waals surface area contributed by atoms with Gasteiger partial charge in [-0.05, 0) is 18.9 Å². The number of rotatable bonds is 8. The highest BCUT2D eigenvalue weighted by molar-refractivity contribution is 7.89. The number of Topliss-reactive ketones (excluding diaryl/α,β-unsaturated/α-hetero) is 1. The van der Waals surface area contributed by atoms with Crippen LogP contribution in [0.5, 0.6) is 0 Å². The third-order valence-electron chi connectivity index (χ3n) is 5.29. The molecule has 2 aromatic rings. The Labute approximate surface area is 177 Å². The summed E-state index contributed by atoms with van der Waals surface area (Å²) >= 11 is 0. The molecule has 11 nitrogen and oxygen atoms in total. The van der Waals surface area contributed by atoms with E-state index in [1.165, 1.54) is 28.4 Å². The fraction of sp³-hybridized carbons (Fsp3) is 0.500. The molecule has 0 N–H and O–H groups in total. The molecule has 0 bridgehead atoms. The van der Waals surface area contributed by atoms with Gasteiger partial charge in [0.15, 0.2) is 0 Å². The first-order valence-corrected chi connectivity index (χ1v) is 11.1.